The number of esters is 2. The molecule has 2 aliphatic heterocycles. The van der Waals surface area contributed by atoms with E-state index in [1.165, 1.54) is 0 Å². The van der Waals surface area contributed by atoms with E-state index in [0.29, 0.717) is 38.5 Å². The third-order valence-corrected chi connectivity index (χ3v) is 11.6. The van der Waals surface area contributed by atoms with Gasteiger partial charge in [0, 0.05) is 12.3 Å². The van der Waals surface area contributed by atoms with E-state index in [-0.39, 0.29) is 12.5 Å². The summed E-state index contributed by atoms with van der Waals surface area (Å²) in [6, 6.07) is 8.05. The minimum absolute atomic E-state index is 0.182. The lowest BCUT2D eigenvalue weighted by Gasteiger charge is -2.54. The van der Waals surface area contributed by atoms with Crippen LogP contribution in [0.3, 0.4) is 0 Å². The van der Waals surface area contributed by atoms with E-state index in [2.05, 4.69) is 13.8 Å². The molecule has 1 aromatic carbocycles. The predicted octanol–water partition coefficient (Wildman–Crippen LogP) is 7.14. The first-order valence-electron chi connectivity index (χ1n) is 16.7. The second-order valence-corrected chi connectivity index (χ2v) is 14.3. The number of ketones is 2. The zero-order valence-corrected chi connectivity index (χ0v) is 26.6. The maximum Gasteiger partial charge on any atom is 0.383 e. The molecular weight excluding hydrogens is 544 g/mol. The third-order valence-electron chi connectivity index (χ3n) is 11.6. The van der Waals surface area contributed by atoms with Crippen LogP contribution in [0.25, 0.3) is 0 Å². The number of carbonyl (C=O) groups excluding carboxylic acids is 4. The van der Waals surface area contributed by atoms with Gasteiger partial charge < -0.3 is 14.2 Å². The average molecular weight is 595 g/mol. The monoisotopic (exact) mass is 594 g/mol. The van der Waals surface area contributed by atoms with Crippen LogP contribution in [0, 0.1) is 24.2 Å². The van der Waals surface area contributed by atoms with Crippen molar-refractivity contribution in [1.29, 1.82) is 0 Å². The topological polar surface area (TPSA) is 96.0 Å². The summed E-state index contributed by atoms with van der Waals surface area (Å²) in [6.45, 7) is 8.67. The highest BCUT2D eigenvalue weighted by molar-refractivity contribution is 6.43. The lowest BCUT2D eigenvalue weighted by atomic mass is 9.53. The number of fused-ring (bicyclic) bond motifs is 2. The highest BCUT2D eigenvalue weighted by Gasteiger charge is 2.77. The van der Waals surface area contributed by atoms with E-state index >= 15 is 0 Å². The average Bonchev–Trinajstić information content (AvgIpc) is 3.21. The van der Waals surface area contributed by atoms with Crippen molar-refractivity contribution in [2.24, 2.45) is 17.3 Å². The van der Waals surface area contributed by atoms with E-state index in [9.17, 15) is 19.2 Å². The summed E-state index contributed by atoms with van der Waals surface area (Å²) >= 11 is 0. The largest absolute Gasteiger partial charge is 0.383 e. The molecule has 0 amide bonds. The number of rotatable bonds is 9. The molecule has 0 spiro atoms. The van der Waals surface area contributed by atoms with Gasteiger partial charge in [-0.1, -0.05) is 89.5 Å². The van der Waals surface area contributed by atoms with Crippen molar-refractivity contribution in [2.75, 3.05) is 0 Å². The van der Waals surface area contributed by atoms with E-state index in [1.807, 2.05) is 38.1 Å². The molecule has 43 heavy (non-hydrogen) atoms. The van der Waals surface area contributed by atoms with Gasteiger partial charge in [0.2, 0.25) is 11.6 Å². The Morgan fingerprint density at radius 2 is 1.49 bits per heavy atom. The van der Waals surface area contributed by atoms with Crippen LogP contribution in [0.2, 0.25) is 0 Å². The molecule has 4 fully saturated rings. The van der Waals surface area contributed by atoms with Crippen LogP contribution < -0.4 is 0 Å². The summed E-state index contributed by atoms with van der Waals surface area (Å²) in [7, 11) is 0. The second kappa shape index (κ2) is 12.5. The van der Waals surface area contributed by atoms with Crippen LogP contribution in [0.4, 0.5) is 0 Å². The maximum atomic E-state index is 14.7. The molecular formula is C36H50O7. The molecule has 1 aromatic rings. The molecule has 4 aliphatic rings. The van der Waals surface area contributed by atoms with E-state index in [4.69, 9.17) is 14.2 Å². The minimum Gasteiger partial charge on any atom is -0.381 e. The molecule has 3 atom stereocenters. The van der Waals surface area contributed by atoms with Gasteiger partial charge in [0.05, 0.1) is 23.2 Å². The molecule has 236 valence electrons. The summed E-state index contributed by atoms with van der Waals surface area (Å²) in [5.74, 6) is -4.11. The summed E-state index contributed by atoms with van der Waals surface area (Å²) in [6.07, 6.45) is 11.4. The highest BCUT2D eigenvalue weighted by Crippen LogP contribution is 2.68. The fraction of sp³-hybridized carbons (Fsp3) is 0.722. The van der Waals surface area contributed by atoms with Crippen molar-refractivity contribution in [3.8, 4) is 0 Å². The Morgan fingerprint density at radius 3 is 2.09 bits per heavy atom. The molecule has 3 unspecified atom stereocenters. The Labute approximate surface area is 256 Å². The lowest BCUT2D eigenvalue weighted by Crippen LogP contribution is -2.66. The number of benzene rings is 1. The lowest BCUT2D eigenvalue weighted by molar-refractivity contribution is -0.218. The first-order chi connectivity index (χ1) is 20.5. The van der Waals surface area contributed by atoms with Gasteiger partial charge in [0.15, 0.2) is 0 Å². The Morgan fingerprint density at radius 1 is 0.860 bits per heavy atom. The van der Waals surface area contributed by atoms with Crippen molar-refractivity contribution in [1.82, 2.24) is 0 Å². The number of aryl methyl sites for hydroxylation is 1. The number of hydrogen-bond donors (Lipinski definition) is 0. The zero-order chi connectivity index (χ0) is 30.9. The quantitative estimate of drug-likeness (QED) is 0.130. The summed E-state index contributed by atoms with van der Waals surface area (Å²) in [4.78, 5) is 54.4. The third kappa shape index (κ3) is 5.65. The first kappa shape index (κ1) is 32.0. The number of ether oxygens (including phenoxy) is 3. The molecule has 2 bridgehead atoms. The van der Waals surface area contributed by atoms with E-state index in [1.54, 1.807) is 0 Å². The van der Waals surface area contributed by atoms with Crippen molar-refractivity contribution in [2.45, 2.75) is 147 Å². The molecule has 2 aliphatic carbocycles. The first-order valence-corrected chi connectivity index (χ1v) is 16.7. The van der Waals surface area contributed by atoms with Crippen molar-refractivity contribution < 1.29 is 33.4 Å². The molecule has 0 radical (unpaired) electrons. The van der Waals surface area contributed by atoms with Crippen molar-refractivity contribution in [3.63, 3.8) is 0 Å². The van der Waals surface area contributed by atoms with Gasteiger partial charge in [0.1, 0.15) is 5.60 Å². The Hall–Kier alpha value is -2.38. The van der Waals surface area contributed by atoms with E-state index < -0.39 is 51.6 Å². The smallest absolute Gasteiger partial charge is 0.381 e. The number of carbonyl (C=O) groups is 4. The molecule has 2 saturated carbocycles. The van der Waals surface area contributed by atoms with Crippen LogP contribution in [-0.4, -0.2) is 40.3 Å². The summed E-state index contributed by atoms with van der Waals surface area (Å²) in [5.41, 5.74) is -1.50. The molecule has 0 aromatic heterocycles. The van der Waals surface area contributed by atoms with Gasteiger partial charge in [-0.05, 0) is 69.4 Å². The Kier molecular flexibility index (Phi) is 9.35. The fourth-order valence-electron chi connectivity index (χ4n) is 8.85. The van der Waals surface area contributed by atoms with Gasteiger partial charge >= 0.3 is 11.9 Å². The minimum atomic E-state index is -1.24. The SMILES string of the molecule is Cc1ccccc1COC1(C2(C(=O)C(=O)OC(=O)C(=O)C3CCCCCC3)CCCCCC2)CC2(C(C)C)CCC1(C)O2. The van der Waals surface area contributed by atoms with Crippen LogP contribution >= 0.6 is 0 Å². The normalized spacial score (nSPS) is 30.9. The molecule has 7 heteroatoms. The van der Waals surface area contributed by atoms with E-state index in [0.717, 1.165) is 68.9 Å². The van der Waals surface area contributed by atoms with Gasteiger partial charge in [0.25, 0.3) is 0 Å². The summed E-state index contributed by atoms with van der Waals surface area (Å²) in [5, 5.41) is 0. The molecule has 2 saturated heterocycles. The van der Waals surface area contributed by atoms with Crippen LogP contribution in [-0.2, 0) is 40.0 Å². The van der Waals surface area contributed by atoms with Crippen LogP contribution in [0.15, 0.2) is 24.3 Å². The van der Waals surface area contributed by atoms with Gasteiger partial charge in [-0.25, -0.2) is 9.59 Å². The summed E-state index contributed by atoms with van der Waals surface area (Å²) < 4.78 is 19.2. The molecule has 7 nitrogen and oxygen atoms in total. The van der Waals surface area contributed by atoms with Crippen LogP contribution in [0.5, 0.6) is 0 Å². The Balaban J connectivity index is 1.51. The van der Waals surface area contributed by atoms with Crippen molar-refractivity contribution >= 4 is 23.5 Å². The standard InChI is InChI=1S/C36H50O7/c1-25(2)35-22-21-33(4,43-35)36(24-35,41-23-28-18-12-11-15-26(28)3)34(19-13-7-8-14-20-34)30(38)32(40)42-31(39)29(37)27-16-9-5-6-10-17-27/h11-12,15,18,25,27H,5-10,13-14,16-17,19-24H2,1-4H3. The molecule has 2 heterocycles. The van der Waals surface area contributed by atoms with Gasteiger partial charge in [-0.3, -0.25) is 9.59 Å². The fourth-order valence-corrected chi connectivity index (χ4v) is 8.85. The van der Waals surface area contributed by atoms with Gasteiger partial charge in [-0.15, -0.1) is 0 Å². The second-order valence-electron chi connectivity index (χ2n) is 14.3. The zero-order valence-electron chi connectivity index (χ0n) is 26.6. The van der Waals surface area contributed by atoms with Gasteiger partial charge in [-0.2, -0.15) is 0 Å². The highest BCUT2D eigenvalue weighted by atomic mass is 16.6. The maximum absolute atomic E-state index is 14.7. The predicted molar refractivity (Wildman–Crippen MR) is 162 cm³/mol. The molecule has 0 N–H and O–H groups in total. The number of Topliss-reactive ketones (excluding diaryl/α,β-unsaturated/α-hetero) is 2. The molecule has 5 rings (SSSR count). The Bertz CT molecular complexity index is 1220. The number of hydrogen-bond acceptors (Lipinski definition) is 7. The van der Waals surface area contributed by atoms with Crippen molar-refractivity contribution in [3.05, 3.63) is 35.4 Å². The van der Waals surface area contributed by atoms with Crippen LogP contribution in [0.1, 0.15) is 128 Å².